The molecule has 0 aromatic heterocycles. The number of aryl methyl sites for hydroxylation is 1. The molecule has 2 aromatic rings. The second kappa shape index (κ2) is 5.39. The minimum absolute atomic E-state index is 0.728. The summed E-state index contributed by atoms with van der Waals surface area (Å²) in [6, 6.07) is 16.2. The van der Waals surface area contributed by atoms with E-state index in [1.165, 1.54) is 0 Å². The van der Waals surface area contributed by atoms with E-state index in [9.17, 15) is 0 Å². The lowest BCUT2D eigenvalue weighted by Crippen LogP contribution is -1.83. The fraction of sp³-hybridized carbons (Fsp3) is 0.0714. The van der Waals surface area contributed by atoms with Crippen LogP contribution in [0.3, 0.4) is 0 Å². The van der Waals surface area contributed by atoms with Gasteiger partial charge in [0.1, 0.15) is 6.07 Å². The Morgan fingerprint density at radius 3 is 2.59 bits per heavy atom. The number of rotatable bonds is 2. The van der Waals surface area contributed by atoms with Gasteiger partial charge in [0.25, 0.3) is 0 Å². The maximum Gasteiger partial charge on any atom is 0.100 e. The van der Waals surface area contributed by atoms with Gasteiger partial charge in [0.2, 0.25) is 0 Å². The van der Waals surface area contributed by atoms with Gasteiger partial charge < -0.3 is 0 Å². The topological polar surface area (TPSA) is 23.8 Å². The molecule has 0 saturated heterocycles. The summed E-state index contributed by atoms with van der Waals surface area (Å²) in [5.41, 5.74) is 1.84. The van der Waals surface area contributed by atoms with Crippen LogP contribution in [0.2, 0.25) is 0 Å². The van der Waals surface area contributed by atoms with Crippen molar-refractivity contribution in [3.05, 3.63) is 58.1 Å². The van der Waals surface area contributed by atoms with Crippen LogP contribution in [-0.2, 0) is 0 Å². The van der Waals surface area contributed by atoms with Crippen LogP contribution < -0.4 is 0 Å². The predicted octanol–water partition coefficient (Wildman–Crippen LogP) is 4.78. The summed E-state index contributed by atoms with van der Waals surface area (Å²) in [5, 5.41) is 9.12. The molecule has 0 saturated carbocycles. The highest BCUT2D eigenvalue weighted by atomic mass is 79.9. The van der Waals surface area contributed by atoms with Gasteiger partial charge in [-0.1, -0.05) is 30.0 Å². The van der Waals surface area contributed by atoms with E-state index in [2.05, 4.69) is 22.0 Å². The Bertz CT molecular complexity index is 587. The zero-order valence-corrected chi connectivity index (χ0v) is 11.7. The number of benzene rings is 2. The molecule has 0 fully saturated rings. The van der Waals surface area contributed by atoms with Crippen LogP contribution in [-0.4, -0.2) is 0 Å². The van der Waals surface area contributed by atoms with Gasteiger partial charge in [-0.3, -0.25) is 0 Å². The van der Waals surface area contributed by atoms with Crippen molar-refractivity contribution in [1.82, 2.24) is 0 Å². The quantitative estimate of drug-likeness (QED) is 0.797. The molecule has 3 heteroatoms. The Hall–Kier alpha value is -1.24. The molecule has 1 nitrogen and oxygen atoms in total. The molecule has 2 aromatic carbocycles. The summed E-state index contributed by atoms with van der Waals surface area (Å²) < 4.78 is 1.05. The molecule has 0 unspecified atom stereocenters. The van der Waals surface area contributed by atoms with Crippen molar-refractivity contribution in [1.29, 1.82) is 5.26 Å². The molecule has 0 radical (unpaired) electrons. The highest BCUT2D eigenvalue weighted by molar-refractivity contribution is 9.10. The smallest absolute Gasteiger partial charge is 0.100 e. The Balaban J connectivity index is 2.37. The second-order valence-corrected chi connectivity index (χ2v) is 5.58. The van der Waals surface area contributed by atoms with Crippen molar-refractivity contribution in [3.8, 4) is 6.07 Å². The molecule has 0 amide bonds. The van der Waals surface area contributed by atoms with Crippen molar-refractivity contribution in [2.75, 3.05) is 0 Å². The second-order valence-electron chi connectivity index (χ2n) is 3.64. The first-order chi connectivity index (χ1) is 8.20. The first-order valence-electron chi connectivity index (χ1n) is 5.14. The van der Waals surface area contributed by atoms with E-state index in [1.807, 2.05) is 49.4 Å². The lowest BCUT2D eigenvalue weighted by molar-refractivity contribution is 1.30. The Labute approximate surface area is 114 Å². The van der Waals surface area contributed by atoms with Gasteiger partial charge in [-0.05, 0) is 52.7 Å². The fourth-order valence-corrected chi connectivity index (χ4v) is 2.89. The van der Waals surface area contributed by atoms with E-state index in [0.717, 1.165) is 25.4 Å². The number of halogens is 1. The molecule has 0 N–H and O–H groups in total. The van der Waals surface area contributed by atoms with E-state index >= 15 is 0 Å². The third-order valence-corrected chi connectivity index (χ3v) is 4.42. The average molecular weight is 304 g/mol. The molecule has 0 aliphatic rings. The molecule has 84 valence electrons. The monoisotopic (exact) mass is 303 g/mol. The van der Waals surface area contributed by atoms with E-state index in [1.54, 1.807) is 11.8 Å². The molecule has 0 atom stereocenters. The fourth-order valence-electron chi connectivity index (χ4n) is 1.47. The van der Waals surface area contributed by atoms with Gasteiger partial charge in [-0.2, -0.15) is 5.26 Å². The Morgan fingerprint density at radius 2 is 1.88 bits per heavy atom. The van der Waals surface area contributed by atoms with Gasteiger partial charge in [0, 0.05) is 14.3 Å². The summed E-state index contributed by atoms with van der Waals surface area (Å²) >= 11 is 5.12. The number of nitriles is 1. The van der Waals surface area contributed by atoms with E-state index in [-0.39, 0.29) is 0 Å². The van der Waals surface area contributed by atoms with Crippen LogP contribution in [0.25, 0.3) is 0 Å². The van der Waals surface area contributed by atoms with E-state index in [4.69, 9.17) is 5.26 Å². The predicted molar refractivity (Wildman–Crippen MR) is 74.2 cm³/mol. The SMILES string of the molecule is Cc1ccc(Sc2ccccc2Br)c(C#N)c1. The van der Waals surface area contributed by atoms with Crippen molar-refractivity contribution in [3.63, 3.8) is 0 Å². The van der Waals surface area contributed by atoms with E-state index < -0.39 is 0 Å². The molecule has 2 rings (SSSR count). The molecule has 17 heavy (non-hydrogen) atoms. The minimum atomic E-state index is 0.728. The number of nitrogens with zero attached hydrogens (tertiary/aromatic N) is 1. The first kappa shape index (κ1) is 12.2. The third-order valence-electron chi connectivity index (χ3n) is 2.31. The number of hydrogen-bond acceptors (Lipinski definition) is 2. The van der Waals surface area contributed by atoms with Crippen LogP contribution in [0.5, 0.6) is 0 Å². The Morgan fingerprint density at radius 1 is 1.12 bits per heavy atom. The maximum atomic E-state index is 9.12. The molecular weight excluding hydrogens is 294 g/mol. The number of hydrogen-bond donors (Lipinski definition) is 0. The average Bonchev–Trinajstić information content (AvgIpc) is 2.34. The van der Waals surface area contributed by atoms with Gasteiger partial charge >= 0.3 is 0 Å². The van der Waals surface area contributed by atoms with Gasteiger partial charge in [-0.25, -0.2) is 0 Å². The summed E-state index contributed by atoms with van der Waals surface area (Å²) in [7, 11) is 0. The van der Waals surface area contributed by atoms with Gasteiger partial charge in [0.05, 0.1) is 5.56 Å². The molecule has 0 spiro atoms. The zero-order valence-electron chi connectivity index (χ0n) is 9.27. The van der Waals surface area contributed by atoms with Crippen molar-refractivity contribution in [2.45, 2.75) is 16.7 Å². The summed E-state index contributed by atoms with van der Waals surface area (Å²) in [6.45, 7) is 1.99. The standard InChI is InChI=1S/C14H10BrNS/c1-10-6-7-13(11(8-10)9-16)17-14-5-3-2-4-12(14)15/h2-8H,1H3. The highest BCUT2D eigenvalue weighted by Gasteiger charge is 2.06. The van der Waals surface area contributed by atoms with Crippen LogP contribution >= 0.6 is 27.7 Å². The van der Waals surface area contributed by atoms with E-state index in [0.29, 0.717) is 0 Å². The zero-order chi connectivity index (χ0) is 12.3. The maximum absolute atomic E-state index is 9.12. The summed E-state index contributed by atoms with van der Waals surface area (Å²) in [4.78, 5) is 2.11. The lowest BCUT2D eigenvalue weighted by Gasteiger charge is -2.06. The van der Waals surface area contributed by atoms with Gasteiger partial charge in [0.15, 0.2) is 0 Å². The lowest BCUT2D eigenvalue weighted by atomic mass is 10.2. The largest absolute Gasteiger partial charge is 0.192 e. The molecule has 0 bridgehead atoms. The molecular formula is C14H10BrNS. The summed E-state index contributed by atoms with van der Waals surface area (Å²) in [5.74, 6) is 0. The Kier molecular flexibility index (Phi) is 3.88. The molecule has 0 aliphatic heterocycles. The van der Waals surface area contributed by atoms with Crippen LogP contribution in [0.4, 0.5) is 0 Å². The highest BCUT2D eigenvalue weighted by Crippen LogP contribution is 2.35. The van der Waals surface area contributed by atoms with Crippen LogP contribution in [0.1, 0.15) is 11.1 Å². The summed E-state index contributed by atoms with van der Waals surface area (Å²) in [6.07, 6.45) is 0. The molecule has 0 aliphatic carbocycles. The van der Waals surface area contributed by atoms with Crippen molar-refractivity contribution >= 4 is 27.7 Å². The normalized spacial score (nSPS) is 9.94. The minimum Gasteiger partial charge on any atom is -0.192 e. The van der Waals surface area contributed by atoms with Crippen molar-refractivity contribution < 1.29 is 0 Å². The first-order valence-corrected chi connectivity index (χ1v) is 6.75. The van der Waals surface area contributed by atoms with Crippen LogP contribution in [0, 0.1) is 18.3 Å². The van der Waals surface area contributed by atoms with Crippen LogP contribution in [0.15, 0.2) is 56.7 Å². The third kappa shape index (κ3) is 2.91. The van der Waals surface area contributed by atoms with Crippen molar-refractivity contribution in [2.24, 2.45) is 0 Å². The molecule has 0 heterocycles. The van der Waals surface area contributed by atoms with Gasteiger partial charge in [-0.15, -0.1) is 0 Å².